The van der Waals surface area contributed by atoms with Crippen molar-refractivity contribution < 1.29 is 4.79 Å². The fourth-order valence-corrected chi connectivity index (χ4v) is 2.20. The molecule has 0 aliphatic heterocycles. The van der Waals surface area contributed by atoms with Gasteiger partial charge in [0.1, 0.15) is 0 Å². The molecule has 2 atom stereocenters. The predicted molar refractivity (Wildman–Crippen MR) is 66.0 cm³/mol. The molecule has 1 amide bonds. The number of thioether (sulfide) groups is 1. The van der Waals surface area contributed by atoms with E-state index in [1.165, 1.54) is 18.2 Å². The quantitative estimate of drug-likeness (QED) is 0.713. The SMILES string of the molecule is CCSC(=O)NC1CCCC/C=C/[C@@H]1N. The van der Waals surface area contributed by atoms with Gasteiger partial charge in [-0.3, -0.25) is 4.79 Å². The molecule has 0 aromatic rings. The molecule has 86 valence electrons. The largest absolute Gasteiger partial charge is 0.342 e. The summed E-state index contributed by atoms with van der Waals surface area (Å²) in [5.74, 6) is 0.809. The van der Waals surface area contributed by atoms with Crippen molar-refractivity contribution in [3.8, 4) is 0 Å². The third kappa shape index (κ3) is 4.71. The van der Waals surface area contributed by atoms with Gasteiger partial charge in [-0.05, 0) is 25.0 Å². The maximum Gasteiger partial charge on any atom is 0.279 e. The van der Waals surface area contributed by atoms with E-state index in [4.69, 9.17) is 5.73 Å². The number of carbonyl (C=O) groups excluding carboxylic acids is 1. The van der Waals surface area contributed by atoms with Crippen LogP contribution in [-0.2, 0) is 0 Å². The third-order valence-electron chi connectivity index (χ3n) is 2.54. The van der Waals surface area contributed by atoms with E-state index in [9.17, 15) is 4.79 Å². The summed E-state index contributed by atoms with van der Waals surface area (Å²) in [5, 5.41) is 3.03. The first-order chi connectivity index (χ1) is 7.24. The maximum atomic E-state index is 11.4. The molecule has 0 fully saturated rings. The van der Waals surface area contributed by atoms with Gasteiger partial charge in [0.15, 0.2) is 0 Å². The summed E-state index contributed by atoms with van der Waals surface area (Å²) in [7, 11) is 0. The molecular formula is C11H20N2OS. The summed E-state index contributed by atoms with van der Waals surface area (Å²) in [6, 6.07) is 0.0693. The Kier molecular flexibility index (Phi) is 5.79. The topological polar surface area (TPSA) is 55.1 Å². The normalized spacial score (nSPS) is 28.9. The zero-order valence-corrected chi connectivity index (χ0v) is 10.1. The van der Waals surface area contributed by atoms with Crippen molar-refractivity contribution in [1.82, 2.24) is 5.32 Å². The second-order valence-electron chi connectivity index (χ2n) is 3.76. The van der Waals surface area contributed by atoms with Gasteiger partial charge in [0.05, 0.1) is 0 Å². The predicted octanol–water partition coefficient (Wildman–Crippen LogP) is 2.28. The van der Waals surface area contributed by atoms with Gasteiger partial charge in [-0.2, -0.15) is 0 Å². The lowest BCUT2D eigenvalue weighted by atomic mass is 9.98. The first-order valence-corrected chi connectivity index (χ1v) is 6.58. The summed E-state index contributed by atoms with van der Waals surface area (Å²) in [4.78, 5) is 11.4. The molecule has 0 aromatic carbocycles. The Hall–Kier alpha value is -0.480. The first kappa shape index (κ1) is 12.6. The summed E-state index contributed by atoms with van der Waals surface area (Å²) >= 11 is 1.31. The number of allylic oxidation sites excluding steroid dienone is 1. The van der Waals surface area contributed by atoms with Crippen LogP contribution in [0.15, 0.2) is 12.2 Å². The monoisotopic (exact) mass is 228 g/mol. The van der Waals surface area contributed by atoms with Gasteiger partial charge in [-0.1, -0.05) is 37.3 Å². The van der Waals surface area contributed by atoms with Crippen LogP contribution in [0.3, 0.4) is 0 Å². The number of amides is 1. The van der Waals surface area contributed by atoms with Crippen molar-refractivity contribution in [3.05, 3.63) is 12.2 Å². The number of nitrogens with two attached hydrogens (primary N) is 1. The van der Waals surface area contributed by atoms with Crippen molar-refractivity contribution in [3.63, 3.8) is 0 Å². The lowest BCUT2D eigenvalue weighted by Gasteiger charge is -2.24. The lowest BCUT2D eigenvalue weighted by Crippen LogP contribution is -2.45. The first-order valence-electron chi connectivity index (χ1n) is 5.59. The average Bonchev–Trinajstić information content (AvgIpc) is 2.18. The smallest absolute Gasteiger partial charge is 0.279 e. The molecule has 0 saturated heterocycles. The number of rotatable bonds is 2. The fraction of sp³-hybridized carbons (Fsp3) is 0.727. The lowest BCUT2D eigenvalue weighted by molar-refractivity contribution is 0.255. The Morgan fingerprint density at radius 1 is 1.60 bits per heavy atom. The molecular weight excluding hydrogens is 208 g/mol. The average molecular weight is 228 g/mol. The standard InChI is InChI=1S/C11H20N2OS/c1-2-15-11(14)13-10-8-6-4-3-5-7-9(10)12/h5,7,9-10H,2-4,6,8,12H2,1H3,(H,13,14)/b7-5+/t9-,10?/m0/s1. The highest BCUT2D eigenvalue weighted by molar-refractivity contribution is 8.13. The van der Waals surface area contributed by atoms with Crippen molar-refractivity contribution in [1.29, 1.82) is 0 Å². The van der Waals surface area contributed by atoms with E-state index < -0.39 is 0 Å². The highest BCUT2D eigenvalue weighted by Gasteiger charge is 2.18. The third-order valence-corrected chi connectivity index (χ3v) is 3.21. The summed E-state index contributed by atoms with van der Waals surface area (Å²) in [5.41, 5.74) is 5.98. The highest BCUT2D eigenvalue weighted by atomic mass is 32.2. The van der Waals surface area contributed by atoms with E-state index >= 15 is 0 Å². The number of nitrogens with one attached hydrogen (secondary N) is 1. The summed E-state index contributed by atoms with van der Waals surface area (Å²) in [6.45, 7) is 1.97. The Bertz CT molecular complexity index is 231. The van der Waals surface area contributed by atoms with Crippen LogP contribution in [0.2, 0.25) is 0 Å². The molecule has 1 aliphatic rings. The number of carbonyl (C=O) groups is 1. The van der Waals surface area contributed by atoms with Gasteiger partial charge in [0, 0.05) is 12.1 Å². The van der Waals surface area contributed by atoms with E-state index in [1.54, 1.807) is 0 Å². The number of hydrogen-bond acceptors (Lipinski definition) is 3. The van der Waals surface area contributed by atoms with Gasteiger partial charge in [0.25, 0.3) is 5.24 Å². The minimum Gasteiger partial charge on any atom is -0.342 e. The molecule has 0 bridgehead atoms. The van der Waals surface area contributed by atoms with Gasteiger partial charge in [-0.25, -0.2) is 0 Å². The molecule has 0 heterocycles. The van der Waals surface area contributed by atoms with Crippen molar-refractivity contribution in [2.24, 2.45) is 5.73 Å². The molecule has 0 spiro atoms. The van der Waals surface area contributed by atoms with Crippen LogP contribution in [0.1, 0.15) is 32.6 Å². The van der Waals surface area contributed by atoms with E-state index in [2.05, 4.69) is 11.4 Å². The van der Waals surface area contributed by atoms with Crippen LogP contribution in [0.25, 0.3) is 0 Å². The molecule has 3 N–H and O–H groups in total. The molecule has 15 heavy (non-hydrogen) atoms. The van der Waals surface area contributed by atoms with E-state index in [1.807, 2.05) is 13.0 Å². The Balaban J connectivity index is 2.45. The molecule has 4 heteroatoms. The molecule has 0 radical (unpaired) electrons. The van der Waals surface area contributed by atoms with E-state index in [0.29, 0.717) is 0 Å². The molecule has 1 aliphatic carbocycles. The van der Waals surface area contributed by atoms with Crippen LogP contribution in [0, 0.1) is 0 Å². The zero-order chi connectivity index (χ0) is 11.1. The molecule has 3 nitrogen and oxygen atoms in total. The second kappa shape index (κ2) is 6.90. The maximum absolute atomic E-state index is 11.4. The van der Waals surface area contributed by atoms with E-state index in [0.717, 1.165) is 25.0 Å². The minimum absolute atomic E-state index is 0.0355. The Labute approximate surface area is 95.9 Å². The molecule has 0 saturated carbocycles. The van der Waals surface area contributed by atoms with Crippen LogP contribution < -0.4 is 11.1 Å². The molecule has 1 rings (SSSR count). The van der Waals surface area contributed by atoms with E-state index in [-0.39, 0.29) is 17.3 Å². The highest BCUT2D eigenvalue weighted by Crippen LogP contribution is 2.13. The Morgan fingerprint density at radius 2 is 2.40 bits per heavy atom. The van der Waals surface area contributed by atoms with Crippen LogP contribution in [-0.4, -0.2) is 23.1 Å². The molecule has 0 aromatic heterocycles. The Morgan fingerprint density at radius 3 is 3.13 bits per heavy atom. The van der Waals surface area contributed by atoms with Crippen molar-refractivity contribution >= 4 is 17.0 Å². The van der Waals surface area contributed by atoms with Crippen LogP contribution in [0.5, 0.6) is 0 Å². The molecule has 1 unspecified atom stereocenters. The van der Waals surface area contributed by atoms with Crippen LogP contribution >= 0.6 is 11.8 Å². The van der Waals surface area contributed by atoms with Gasteiger partial charge < -0.3 is 11.1 Å². The van der Waals surface area contributed by atoms with Crippen LogP contribution in [0.4, 0.5) is 4.79 Å². The summed E-state index contributed by atoms with van der Waals surface area (Å²) in [6.07, 6.45) is 8.56. The summed E-state index contributed by atoms with van der Waals surface area (Å²) < 4.78 is 0. The number of hydrogen-bond donors (Lipinski definition) is 2. The van der Waals surface area contributed by atoms with Crippen molar-refractivity contribution in [2.75, 3.05) is 5.75 Å². The minimum atomic E-state index is -0.0355. The zero-order valence-electron chi connectivity index (χ0n) is 9.24. The van der Waals surface area contributed by atoms with Gasteiger partial charge >= 0.3 is 0 Å². The fourth-order valence-electron chi connectivity index (χ4n) is 1.70. The van der Waals surface area contributed by atoms with Gasteiger partial charge in [-0.15, -0.1) is 0 Å². The van der Waals surface area contributed by atoms with Crippen molar-refractivity contribution in [2.45, 2.75) is 44.7 Å². The van der Waals surface area contributed by atoms with Gasteiger partial charge in [0.2, 0.25) is 0 Å². The second-order valence-corrected chi connectivity index (χ2v) is 5.00.